The van der Waals surface area contributed by atoms with Crippen LogP contribution in [-0.4, -0.2) is 53.3 Å². The van der Waals surface area contributed by atoms with Crippen LogP contribution in [0.4, 0.5) is 10.5 Å². The predicted octanol–water partition coefficient (Wildman–Crippen LogP) is 4.13. The van der Waals surface area contributed by atoms with Gasteiger partial charge in [0.25, 0.3) is 0 Å². The van der Waals surface area contributed by atoms with Crippen LogP contribution in [0.5, 0.6) is 0 Å². The molecule has 9 nitrogen and oxygen atoms in total. The summed E-state index contributed by atoms with van der Waals surface area (Å²) in [7, 11) is 0. The average Bonchev–Trinajstić information content (AvgIpc) is 3.40. The van der Waals surface area contributed by atoms with Crippen LogP contribution in [0, 0.1) is 11.3 Å². The first kappa shape index (κ1) is 26.9. The van der Waals surface area contributed by atoms with Crippen molar-refractivity contribution in [2.75, 3.05) is 24.5 Å². The maximum atomic E-state index is 13.3. The van der Waals surface area contributed by atoms with Crippen molar-refractivity contribution in [3.63, 3.8) is 0 Å². The second-order valence-corrected chi connectivity index (χ2v) is 12.7. The van der Waals surface area contributed by atoms with E-state index in [4.69, 9.17) is 4.74 Å². The van der Waals surface area contributed by atoms with Gasteiger partial charge in [-0.2, -0.15) is 0 Å². The number of carboxylic acid groups (broad SMARTS) is 1. The first-order chi connectivity index (χ1) is 18.5. The first-order valence-electron chi connectivity index (χ1n) is 13.2. The highest BCUT2D eigenvalue weighted by atomic mass is 32.1. The van der Waals surface area contributed by atoms with E-state index in [2.05, 4.69) is 26.6 Å². The topological polar surface area (TPSA) is 121 Å². The lowest BCUT2D eigenvalue weighted by Gasteiger charge is -2.41. The quantitative estimate of drug-likeness (QED) is 0.386. The predicted molar refractivity (Wildman–Crippen MR) is 150 cm³/mol. The molecular formula is C29H34N4O5S. The zero-order valence-electron chi connectivity index (χ0n) is 22.5. The number of benzene rings is 2. The summed E-state index contributed by atoms with van der Waals surface area (Å²) in [5.74, 6) is -0.854. The third-order valence-electron chi connectivity index (χ3n) is 7.22. The zero-order chi connectivity index (χ0) is 27.8. The van der Waals surface area contributed by atoms with Gasteiger partial charge in [-0.15, -0.1) is 11.3 Å². The Hall–Kier alpha value is -3.66. The van der Waals surface area contributed by atoms with Gasteiger partial charge in [0.1, 0.15) is 10.6 Å². The van der Waals surface area contributed by atoms with Gasteiger partial charge in [0.05, 0.1) is 28.6 Å². The molecule has 2 heterocycles. The minimum Gasteiger partial charge on any atom is -0.481 e. The number of thiazole rings is 1. The van der Waals surface area contributed by atoms with Crippen molar-refractivity contribution >= 4 is 45.2 Å². The van der Waals surface area contributed by atoms with Gasteiger partial charge in [0.2, 0.25) is 5.91 Å². The summed E-state index contributed by atoms with van der Waals surface area (Å²) in [4.78, 5) is 43.8. The summed E-state index contributed by atoms with van der Waals surface area (Å²) >= 11 is 1.53. The van der Waals surface area contributed by atoms with Crippen molar-refractivity contribution < 1.29 is 24.2 Å². The molecule has 1 fully saturated rings. The minimum absolute atomic E-state index is 0.207. The fourth-order valence-corrected chi connectivity index (χ4v) is 6.32. The molecule has 0 spiro atoms. The van der Waals surface area contributed by atoms with Gasteiger partial charge in [0.15, 0.2) is 0 Å². The molecule has 10 heteroatoms. The Bertz CT molecular complexity index is 1380. The molecule has 3 aromatic rings. The Labute approximate surface area is 231 Å². The van der Waals surface area contributed by atoms with Gasteiger partial charge in [0, 0.05) is 31.2 Å². The Morgan fingerprint density at radius 2 is 1.79 bits per heavy atom. The molecule has 3 N–H and O–H groups in total. The normalized spacial score (nSPS) is 16.4. The number of carboxylic acids is 1. The summed E-state index contributed by atoms with van der Waals surface area (Å²) in [6.07, 6.45) is 0.252. The largest absolute Gasteiger partial charge is 0.481 e. The van der Waals surface area contributed by atoms with E-state index in [0.29, 0.717) is 25.3 Å². The Morgan fingerprint density at radius 1 is 1.10 bits per heavy atom. The number of amides is 2. The minimum atomic E-state index is -0.980. The number of fused-ring (bicyclic) bond motifs is 2. The Kier molecular flexibility index (Phi) is 7.24. The number of anilines is 1. The lowest BCUT2D eigenvalue weighted by atomic mass is 9.80. The van der Waals surface area contributed by atoms with Gasteiger partial charge in [-0.3, -0.25) is 9.59 Å². The molecule has 1 saturated heterocycles. The van der Waals surface area contributed by atoms with Crippen LogP contribution in [0.1, 0.15) is 43.3 Å². The highest BCUT2D eigenvalue weighted by Gasteiger charge is 2.45. The standard InChI is InChI=1S/C29H34N4O5S/c1-28(2,3)38-27(37)31-14-18-16-33(17-18)21-8-9-22-23(10-21)39-24(32-22)15-30-26(36)29(13-25(34)35)11-19-6-4-5-7-20(19)12-29/h4-10,18H,11-17H2,1-3H3,(H,30,36)(H,31,37)(H,34,35). The molecule has 0 atom stereocenters. The van der Waals surface area contributed by atoms with E-state index in [1.54, 1.807) is 0 Å². The molecule has 2 aromatic carbocycles. The summed E-state index contributed by atoms with van der Waals surface area (Å²) in [6.45, 7) is 8.06. The number of nitrogens with one attached hydrogen (secondary N) is 2. The number of ether oxygens (including phenoxy) is 1. The van der Waals surface area contributed by atoms with Crippen molar-refractivity contribution in [3.8, 4) is 0 Å². The van der Waals surface area contributed by atoms with Crippen molar-refractivity contribution in [1.82, 2.24) is 15.6 Å². The summed E-state index contributed by atoms with van der Waals surface area (Å²) < 4.78 is 6.33. The Morgan fingerprint density at radius 3 is 2.44 bits per heavy atom. The molecular weight excluding hydrogens is 516 g/mol. The lowest BCUT2D eigenvalue weighted by molar-refractivity contribution is -0.145. The van der Waals surface area contributed by atoms with E-state index < -0.39 is 23.1 Å². The average molecular weight is 551 g/mol. The Balaban J connectivity index is 1.17. The molecule has 206 valence electrons. The van der Waals surface area contributed by atoms with Gasteiger partial charge in [-0.1, -0.05) is 24.3 Å². The highest BCUT2D eigenvalue weighted by molar-refractivity contribution is 7.18. The van der Waals surface area contributed by atoms with Gasteiger partial charge in [-0.25, -0.2) is 9.78 Å². The maximum absolute atomic E-state index is 13.3. The van der Waals surface area contributed by atoms with Crippen molar-refractivity contribution in [2.45, 2.75) is 52.2 Å². The molecule has 39 heavy (non-hydrogen) atoms. The van der Waals surface area contributed by atoms with E-state index in [1.807, 2.05) is 57.2 Å². The monoisotopic (exact) mass is 550 g/mol. The number of aromatic nitrogens is 1. The number of carbonyl (C=O) groups is 3. The van der Waals surface area contributed by atoms with Gasteiger partial charge in [-0.05, 0) is 62.9 Å². The lowest BCUT2D eigenvalue weighted by Crippen LogP contribution is -2.51. The van der Waals surface area contributed by atoms with Crippen LogP contribution in [0.3, 0.4) is 0 Å². The van der Waals surface area contributed by atoms with Crippen LogP contribution in [0.25, 0.3) is 10.2 Å². The number of hydrogen-bond acceptors (Lipinski definition) is 7. The van der Waals surface area contributed by atoms with E-state index in [9.17, 15) is 19.5 Å². The molecule has 5 rings (SSSR count). The summed E-state index contributed by atoms with van der Waals surface area (Å²) in [5.41, 5.74) is 2.55. The fraction of sp³-hybridized carbons (Fsp3) is 0.448. The smallest absolute Gasteiger partial charge is 0.407 e. The van der Waals surface area contributed by atoms with Gasteiger partial charge < -0.3 is 25.4 Å². The molecule has 0 saturated carbocycles. The second kappa shape index (κ2) is 10.5. The van der Waals surface area contributed by atoms with E-state index >= 15 is 0 Å². The number of aliphatic carboxylic acids is 1. The third kappa shape index (κ3) is 6.16. The molecule has 1 aromatic heterocycles. The fourth-order valence-electron chi connectivity index (χ4n) is 5.38. The number of alkyl carbamates (subject to hydrolysis) is 1. The van der Waals surface area contributed by atoms with Crippen molar-refractivity contribution in [3.05, 3.63) is 58.6 Å². The van der Waals surface area contributed by atoms with Crippen LogP contribution >= 0.6 is 11.3 Å². The maximum Gasteiger partial charge on any atom is 0.407 e. The van der Waals surface area contributed by atoms with Crippen LogP contribution in [0.15, 0.2) is 42.5 Å². The summed E-state index contributed by atoms with van der Waals surface area (Å²) in [5, 5.41) is 16.1. The molecule has 1 aliphatic carbocycles. The third-order valence-corrected chi connectivity index (χ3v) is 8.24. The van der Waals surface area contributed by atoms with Gasteiger partial charge >= 0.3 is 12.1 Å². The molecule has 0 unspecified atom stereocenters. The first-order valence-corrected chi connectivity index (χ1v) is 14.0. The molecule has 0 bridgehead atoms. The summed E-state index contributed by atoms with van der Waals surface area (Å²) in [6, 6.07) is 13.9. The number of hydrogen-bond donors (Lipinski definition) is 3. The van der Waals surface area contributed by atoms with Crippen LogP contribution < -0.4 is 15.5 Å². The highest BCUT2D eigenvalue weighted by Crippen LogP contribution is 2.40. The van der Waals surface area contributed by atoms with E-state index in [0.717, 1.165) is 45.1 Å². The molecule has 0 radical (unpaired) electrons. The van der Waals surface area contributed by atoms with Crippen LogP contribution in [-0.2, 0) is 33.7 Å². The van der Waals surface area contributed by atoms with E-state index in [1.165, 1.54) is 11.3 Å². The number of rotatable bonds is 8. The van der Waals surface area contributed by atoms with Crippen molar-refractivity contribution in [1.29, 1.82) is 0 Å². The number of carbonyl (C=O) groups excluding carboxylic acids is 2. The molecule has 1 aliphatic heterocycles. The van der Waals surface area contributed by atoms with Crippen molar-refractivity contribution in [2.24, 2.45) is 11.3 Å². The molecule has 2 aliphatic rings. The SMILES string of the molecule is CC(C)(C)OC(=O)NCC1CN(c2ccc3nc(CNC(=O)C4(CC(=O)O)Cc5ccccc5C4)sc3c2)C1. The zero-order valence-corrected chi connectivity index (χ0v) is 23.3. The van der Waals surface area contributed by atoms with Crippen LogP contribution in [0.2, 0.25) is 0 Å². The number of nitrogens with zero attached hydrogens (tertiary/aromatic N) is 2. The molecule has 2 amide bonds. The second-order valence-electron chi connectivity index (χ2n) is 11.6. The van der Waals surface area contributed by atoms with E-state index in [-0.39, 0.29) is 18.9 Å².